The third-order valence-electron chi connectivity index (χ3n) is 15.4. The Morgan fingerprint density at radius 3 is 2.21 bits per heavy atom. The number of hydrogen-bond acceptors (Lipinski definition) is 19. The molecule has 8 rings (SSSR count). The fourth-order valence-corrected chi connectivity index (χ4v) is 10.9. The Morgan fingerprint density at radius 2 is 1.52 bits per heavy atom. The lowest BCUT2D eigenvalue weighted by Gasteiger charge is -2.42. The smallest absolute Gasteiger partial charge is 0.407 e. The van der Waals surface area contributed by atoms with E-state index in [1.165, 1.54) is 44.4 Å². The number of ketones is 3. The normalized spacial score (nSPS) is 21.4. The molecule has 0 radical (unpaired) electrons. The van der Waals surface area contributed by atoms with Crippen molar-refractivity contribution in [2.24, 2.45) is 5.73 Å². The first-order valence-electron chi connectivity index (χ1n) is 27.7. The van der Waals surface area contributed by atoms with Gasteiger partial charge in [0.1, 0.15) is 54.3 Å². The predicted octanol–water partition coefficient (Wildman–Crippen LogP) is 2.73. The van der Waals surface area contributed by atoms with E-state index in [1.807, 2.05) is 18.2 Å². The molecule has 24 heteroatoms. The number of phenols is 2. The number of Topliss-reactive ketones (excluding diaryl/α,β-unsaturated/α-hetero) is 1. The molecule has 1 fully saturated rings. The van der Waals surface area contributed by atoms with Gasteiger partial charge in [-0.1, -0.05) is 61.0 Å². The van der Waals surface area contributed by atoms with Crippen LogP contribution in [0, 0.1) is 0 Å². The molecule has 1 saturated heterocycles. The van der Waals surface area contributed by atoms with E-state index in [0.717, 1.165) is 10.5 Å². The van der Waals surface area contributed by atoms with Crippen LogP contribution in [0.25, 0.3) is 0 Å². The molecule has 6 unspecified atom stereocenters. The van der Waals surface area contributed by atoms with Crippen LogP contribution in [0.2, 0.25) is 0 Å². The second-order valence-electron chi connectivity index (χ2n) is 21.1. The molecule has 2 aliphatic carbocycles. The van der Waals surface area contributed by atoms with E-state index in [4.69, 9.17) is 24.7 Å². The summed E-state index contributed by atoms with van der Waals surface area (Å²) in [7, 11) is 1.29. The lowest BCUT2D eigenvalue weighted by molar-refractivity contribution is -0.249. The van der Waals surface area contributed by atoms with Gasteiger partial charge in [0, 0.05) is 73.2 Å². The van der Waals surface area contributed by atoms with Crippen LogP contribution in [0.4, 0.5) is 10.5 Å². The molecule has 0 spiro atoms. The molecule has 84 heavy (non-hydrogen) atoms. The number of nitrogens with two attached hydrogens (primary N) is 1. The van der Waals surface area contributed by atoms with Gasteiger partial charge in [-0.3, -0.25) is 43.3 Å². The monoisotopic (exact) mass is 1160 g/mol. The van der Waals surface area contributed by atoms with E-state index >= 15 is 0 Å². The zero-order chi connectivity index (χ0) is 60.4. The molecule has 2 aliphatic heterocycles. The number of ether oxygens (including phenoxy) is 4. The van der Waals surface area contributed by atoms with Gasteiger partial charge < -0.3 is 71.5 Å². The minimum atomic E-state index is -2.41. The van der Waals surface area contributed by atoms with Crippen molar-refractivity contribution in [1.29, 1.82) is 0 Å². The molecule has 6 amide bonds. The Balaban J connectivity index is 0.880. The molecule has 2 heterocycles. The summed E-state index contributed by atoms with van der Waals surface area (Å²) < 4.78 is 23.1. The minimum absolute atomic E-state index is 0.0258. The van der Waals surface area contributed by atoms with Crippen molar-refractivity contribution < 1.29 is 87.6 Å². The highest BCUT2D eigenvalue weighted by molar-refractivity contribution is 6.31. The summed E-state index contributed by atoms with van der Waals surface area (Å²) in [6.45, 7) is 0.659. The molecule has 8 atom stereocenters. The summed E-state index contributed by atoms with van der Waals surface area (Å²) >= 11 is 0. The van der Waals surface area contributed by atoms with Crippen molar-refractivity contribution in [2.45, 2.75) is 132 Å². The Labute approximate surface area is 482 Å². The van der Waals surface area contributed by atoms with Gasteiger partial charge in [0.15, 0.2) is 17.9 Å². The number of unbranched alkanes of at least 4 members (excludes halogenated alkanes) is 3. The van der Waals surface area contributed by atoms with Crippen molar-refractivity contribution in [3.63, 3.8) is 0 Å². The summed E-state index contributed by atoms with van der Waals surface area (Å²) in [5.41, 5.74) is 2.97. The van der Waals surface area contributed by atoms with E-state index < -0.39 is 126 Å². The molecule has 4 aliphatic rings. The summed E-state index contributed by atoms with van der Waals surface area (Å²) in [5.74, 6) is -6.59. The van der Waals surface area contributed by atoms with Crippen LogP contribution in [-0.2, 0) is 62.4 Å². The van der Waals surface area contributed by atoms with Gasteiger partial charge in [-0.15, -0.1) is 0 Å². The van der Waals surface area contributed by atoms with Crippen LogP contribution >= 0.6 is 0 Å². The number of hydrogen-bond donors (Lipinski definition) is 10. The van der Waals surface area contributed by atoms with Crippen LogP contribution in [-0.4, -0.2) is 152 Å². The molecular formula is C60H68N6O18. The number of carbonyl (C=O) groups is 9. The number of fused-ring (bicyclic) bond motifs is 3. The van der Waals surface area contributed by atoms with Crippen LogP contribution in [0.1, 0.15) is 125 Å². The molecule has 11 N–H and O–H groups in total. The summed E-state index contributed by atoms with van der Waals surface area (Å²) in [6.07, 6.45) is -2.41. The number of imide groups is 1. The van der Waals surface area contributed by atoms with Gasteiger partial charge in [-0.2, -0.15) is 0 Å². The van der Waals surface area contributed by atoms with Crippen molar-refractivity contribution in [3.05, 3.63) is 129 Å². The minimum Gasteiger partial charge on any atom is -0.507 e. The third-order valence-corrected chi connectivity index (χ3v) is 15.4. The van der Waals surface area contributed by atoms with Gasteiger partial charge in [-0.25, -0.2) is 4.79 Å². The number of aromatic hydroxyl groups is 2. The molecule has 0 bridgehead atoms. The largest absolute Gasteiger partial charge is 0.507 e. The highest BCUT2D eigenvalue weighted by Crippen LogP contribution is 2.52. The number of nitrogens with one attached hydrogen (secondary N) is 4. The fourth-order valence-electron chi connectivity index (χ4n) is 10.9. The number of methoxy groups -OCH3 is 1. The van der Waals surface area contributed by atoms with E-state index in [9.17, 15) is 68.7 Å². The van der Waals surface area contributed by atoms with Gasteiger partial charge in [0.2, 0.25) is 23.5 Å². The maximum Gasteiger partial charge on any atom is 0.407 e. The molecule has 4 aromatic carbocycles. The van der Waals surface area contributed by atoms with Gasteiger partial charge >= 0.3 is 6.09 Å². The van der Waals surface area contributed by atoms with Crippen LogP contribution in [0.5, 0.6) is 17.2 Å². The van der Waals surface area contributed by atoms with Gasteiger partial charge in [0.25, 0.3) is 11.8 Å². The number of nitrogens with zero attached hydrogens (tertiary/aromatic N) is 1. The fraction of sp³-hybridized carbons (Fsp3) is 0.417. The third kappa shape index (κ3) is 14.0. The van der Waals surface area contributed by atoms with Crippen molar-refractivity contribution in [3.8, 4) is 17.2 Å². The highest BCUT2D eigenvalue weighted by Gasteiger charge is 2.50. The number of anilines is 1. The lowest BCUT2D eigenvalue weighted by atomic mass is 9.72. The van der Waals surface area contributed by atoms with Gasteiger partial charge in [0.05, 0.1) is 42.0 Å². The molecule has 446 valence electrons. The second-order valence-corrected chi connectivity index (χ2v) is 21.1. The number of rotatable bonds is 25. The van der Waals surface area contributed by atoms with Crippen LogP contribution in [0.3, 0.4) is 0 Å². The average Bonchev–Trinajstić information content (AvgIpc) is 1.06. The molecule has 4 aromatic rings. The van der Waals surface area contributed by atoms with Crippen molar-refractivity contribution >= 4 is 58.7 Å². The second kappa shape index (κ2) is 27.3. The van der Waals surface area contributed by atoms with Crippen LogP contribution in [0.15, 0.2) is 84.9 Å². The topological polar surface area (TPSA) is 369 Å². The SMILES string of the molecule is COc1cccc2c1C(=O)c1c(O)c3c(c(O)c1C2=O)C[C@@](O)(C(=O)CO)CC3OC1CC(NC(=O)OCc2ccc(NC(=O)C(CCCCN)NC(=O)[C@H](Cc3ccccc3)NC(=O)CCCCCN3C(=O)C=CC3=O)cc2)C(O)C(C)O1. The highest BCUT2D eigenvalue weighted by atomic mass is 16.7. The molecule has 0 saturated carbocycles. The van der Waals surface area contributed by atoms with Crippen LogP contribution < -0.4 is 31.7 Å². The summed E-state index contributed by atoms with van der Waals surface area (Å²) in [6, 6.07) is 16.4. The molecule has 24 nitrogen and oxygen atoms in total. The van der Waals surface area contributed by atoms with E-state index in [-0.39, 0.29) is 84.6 Å². The first-order valence-corrected chi connectivity index (χ1v) is 27.7. The summed E-state index contributed by atoms with van der Waals surface area (Å²) in [4.78, 5) is 120. The van der Waals surface area contributed by atoms with Crippen molar-refractivity contribution in [2.75, 3.05) is 32.1 Å². The first-order chi connectivity index (χ1) is 40.2. The zero-order valence-electron chi connectivity index (χ0n) is 46.3. The quantitative estimate of drug-likeness (QED) is 0.0228. The van der Waals surface area contributed by atoms with Crippen molar-refractivity contribution in [1.82, 2.24) is 20.9 Å². The lowest BCUT2D eigenvalue weighted by Crippen LogP contribution is -2.56. The van der Waals surface area contributed by atoms with E-state index in [1.54, 1.807) is 36.4 Å². The predicted molar refractivity (Wildman–Crippen MR) is 297 cm³/mol. The number of alkyl carbamates (subject to hydrolysis) is 1. The van der Waals surface area contributed by atoms with Gasteiger partial charge in [-0.05, 0) is 74.9 Å². The summed E-state index contributed by atoms with van der Waals surface area (Å²) in [5, 5.41) is 67.4. The maximum atomic E-state index is 14.1. The average molecular weight is 1160 g/mol. The Kier molecular flexibility index (Phi) is 20.1. The molecule has 0 aromatic heterocycles. The zero-order valence-corrected chi connectivity index (χ0v) is 46.3. The molecular weight excluding hydrogens is 1090 g/mol. The number of aliphatic hydroxyl groups is 3. The van der Waals surface area contributed by atoms with E-state index in [2.05, 4.69) is 21.3 Å². The Bertz CT molecular complexity index is 3190. The number of benzene rings is 4. The first kappa shape index (κ1) is 61.7. The maximum absolute atomic E-state index is 14.1. The van der Waals surface area contributed by atoms with E-state index in [0.29, 0.717) is 49.9 Å². The Hall–Kier alpha value is -8.39. The number of aliphatic hydroxyl groups excluding tert-OH is 2. The number of phenolic OH excluding ortho intramolecular Hbond substituents is 2. The Morgan fingerprint density at radius 1 is 0.810 bits per heavy atom. The number of carbonyl (C=O) groups excluding carboxylic acids is 9. The number of amides is 6. The standard InChI is InChI=1S/C60H68N6O18/c1-32-52(72)39(27-47(83-32)84-42-29-60(80,43(68)30-67)28-37-49(42)56(76)51-50(54(37)74)53(73)36-14-11-16-41(81-2)48(36)55(51)75)65-59(79)82-31-34-18-20-35(21-19-34)62-57(77)38(15-8-9-24-61)64-58(78)40(26-33-12-5-3-6-13-33)63-44(69)17-7-4-10-25-66-45(70)22-23-46(66)71/h3,5-6,11-14,16,18-23,32,38-40,42,47,52,67,72,74,76,80H,4,7-10,15,17,24-31,61H2,1-2H3,(H,62,77)(H,63,69)(H,64,78)(H,65,79)/t32?,38?,39?,40-,42?,47?,52?,60-/m0/s1.